The van der Waals surface area contributed by atoms with Crippen molar-refractivity contribution in [2.24, 2.45) is 0 Å². The first-order valence-corrected chi connectivity index (χ1v) is 9.83. The minimum atomic E-state index is -0.285. The Morgan fingerprint density at radius 2 is 1.37 bits per heavy atom. The van der Waals surface area contributed by atoms with Gasteiger partial charge in [0, 0.05) is 12.6 Å². The molecule has 3 aromatic rings. The van der Waals surface area contributed by atoms with Crippen molar-refractivity contribution in [1.29, 1.82) is 0 Å². The van der Waals surface area contributed by atoms with Gasteiger partial charge in [-0.25, -0.2) is 0 Å². The van der Waals surface area contributed by atoms with E-state index in [4.69, 9.17) is 0 Å². The number of amides is 3. The average Bonchev–Trinajstić information content (AvgIpc) is 3.04. The molecule has 0 fully saturated rings. The predicted octanol–water partition coefficient (Wildman–Crippen LogP) is 4.32. The van der Waals surface area contributed by atoms with Crippen LogP contribution in [0.3, 0.4) is 0 Å². The van der Waals surface area contributed by atoms with E-state index in [0.717, 1.165) is 11.1 Å². The second kappa shape index (κ2) is 7.95. The van der Waals surface area contributed by atoms with Gasteiger partial charge in [-0.15, -0.1) is 0 Å². The lowest BCUT2D eigenvalue weighted by atomic mass is 10.1. The van der Waals surface area contributed by atoms with Gasteiger partial charge in [0.2, 0.25) is 0 Å². The zero-order chi connectivity index (χ0) is 21.3. The molecule has 5 nitrogen and oxygen atoms in total. The molecule has 4 rings (SSSR count). The Hall–Kier alpha value is -3.73. The molecule has 5 heteroatoms. The van der Waals surface area contributed by atoms with E-state index in [2.05, 4.69) is 0 Å². The van der Waals surface area contributed by atoms with Gasteiger partial charge in [-0.05, 0) is 42.3 Å². The second-order valence-electron chi connectivity index (χ2n) is 7.44. The van der Waals surface area contributed by atoms with Gasteiger partial charge >= 0.3 is 0 Å². The van der Waals surface area contributed by atoms with Crippen LogP contribution >= 0.6 is 0 Å². The number of nitrogens with zero attached hydrogens (tertiary/aromatic N) is 2. The SMILES string of the molecule is C[C@H](c1ccccc1)N(C)C(=O)c1ccc(CN2C(=O)c3ccccc3C2=O)cc1. The molecule has 0 aliphatic carbocycles. The summed E-state index contributed by atoms with van der Waals surface area (Å²) in [6, 6.07) is 23.7. The first kappa shape index (κ1) is 19.6. The summed E-state index contributed by atoms with van der Waals surface area (Å²) in [5, 5.41) is 0. The van der Waals surface area contributed by atoms with Crippen molar-refractivity contribution in [2.45, 2.75) is 19.5 Å². The molecule has 0 radical (unpaired) electrons. The van der Waals surface area contributed by atoms with Crippen LogP contribution in [0.15, 0.2) is 78.9 Å². The van der Waals surface area contributed by atoms with Crippen molar-refractivity contribution in [3.63, 3.8) is 0 Å². The molecule has 0 saturated carbocycles. The maximum Gasteiger partial charge on any atom is 0.261 e. The van der Waals surface area contributed by atoms with Crippen molar-refractivity contribution < 1.29 is 14.4 Å². The van der Waals surface area contributed by atoms with Crippen molar-refractivity contribution in [3.8, 4) is 0 Å². The van der Waals surface area contributed by atoms with Crippen LogP contribution in [0, 0.1) is 0 Å². The highest BCUT2D eigenvalue weighted by atomic mass is 16.2. The maximum atomic E-state index is 12.9. The highest BCUT2D eigenvalue weighted by molar-refractivity contribution is 6.21. The Bertz CT molecular complexity index is 1070. The highest BCUT2D eigenvalue weighted by Crippen LogP contribution is 2.25. The van der Waals surface area contributed by atoms with Crippen LogP contribution < -0.4 is 0 Å². The summed E-state index contributed by atoms with van der Waals surface area (Å²) >= 11 is 0. The third-order valence-corrected chi connectivity index (χ3v) is 5.60. The fraction of sp³-hybridized carbons (Fsp3) is 0.160. The van der Waals surface area contributed by atoms with Gasteiger partial charge in [0.1, 0.15) is 0 Å². The molecule has 30 heavy (non-hydrogen) atoms. The standard InChI is InChI=1S/C25H22N2O3/c1-17(19-8-4-3-5-9-19)26(2)23(28)20-14-12-18(13-15-20)16-27-24(29)21-10-6-7-11-22(21)25(27)30/h3-15,17H,16H2,1-2H3/t17-/m1/s1. The Balaban J connectivity index is 1.46. The van der Waals surface area contributed by atoms with Gasteiger partial charge in [0.05, 0.1) is 23.7 Å². The van der Waals surface area contributed by atoms with Gasteiger partial charge in [-0.2, -0.15) is 0 Å². The van der Waals surface area contributed by atoms with Crippen LogP contribution in [-0.2, 0) is 6.54 Å². The topological polar surface area (TPSA) is 57.7 Å². The van der Waals surface area contributed by atoms with Crippen molar-refractivity contribution in [3.05, 3.63) is 107 Å². The lowest BCUT2D eigenvalue weighted by Crippen LogP contribution is -2.30. The summed E-state index contributed by atoms with van der Waals surface area (Å²) in [6.07, 6.45) is 0. The molecule has 0 saturated heterocycles. The normalized spacial score (nSPS) is 13.9. The molecule has 1 aliphatic rings. The van der Waals surface area contributed by atoms with Gasteiger partial charge in [0.15, 0.2) is 0 Å². The number of hydrogen-bond acceptors (Lipinski definition) is 3. The summed E-state index contributed by atoms with van der Waals surface area (Å²) in [6.45, 7) is 2.17. The molecule has 0 bridgehead atoms. The summed E-state index contributed by atoms with van der Waals surface area (Å²) in [7, 11) is 1.78. The molecule has 1 heterocycles. The molecular weight excluding hydrogens is 376 g/mol. The number of imide groups is 1. The molecular formula is C25H22N2O3. The molecule has 3 aromatic carbocycles. The zero-order valence-electron chi connectivity index (χ0n) is 16.9. The summed E-state index contributed by atoms with van der Waals surface area (Å²) in [4.78, 5) is 40.9. The van der Waals surface area contributed by atoms with E-state index in [1.807, 2.05) is 37.3 Å². The Labute approximate surface area is 175 Å². The number of carbonyl (C=O) groups is 3. The first-order valence-electron chi connectivity index (χ1n) is 9.83. The van der Waals surface area contributed by atoms with Gasteiger partial charge < -0.3 is 4.90 Å². The average molecular weight is 398 g/mol. The number of carbonyl (C=O) groups excluding carboxylic acids is 3. The Morgan fingerprint density at radius 3 is 1.93 bits per heavy atom. The van der Waals surface area contributed by atoms with Gasteiger partial charge in [-0.1, -0.05) is 54.6 Å². The molecule has 1 aliphatic heterocycles. The van der Waals surface area contributed by atoms with Crippen LogP contribution in [0.1, 0.15) is 55.2 Å². The Morgan fingerprint density at radius 1 is 0.833 bits per heavy atom. The summed E-state index contributed by atoms with van der Waals surface area (Å²) in [5.41, 5.74) is 3.29. The van der Waals surface area contributed by atoms with Gasteiger partial charge in [0.25, 0.3) is 17.7 Å². The number of fused-ring (bicyclic) bond motifs is 1. The quantitative estimate of drug-likeness (QED) is 0.602. The maximum absolute atomic E-state index is 12.9. The van der Waals surface area contributed by atoms with Crippen molar-refractivity contribution in [1.82, 2.24) is 9.80 Å². The summed E-state index contributed by atoms with van der Waals surface area (Å²) < 4.78 is 0. The first-order chi connectivity index (χ1) is 14.5. The van der Waals surface area contributed by atoms with E-state index in [1.165, 1.54) is 4.90 Å². The minimum Gasteiger partial charge on any atom is -0.335 e. The molecule has 0 aromatic heterocycles. The van der Waals surface area contributed by atoms with Crippen LogP contribution in [0.2, 0.25) is 0 Å². The number of rotatable bonds is 5. The summed E-state index contributed by atoms with van der Waals surface area (Å²) in [5.74, 6) is -0.655. The van der Waals surface area contributed by atoms with E-state index in [9.17, 15) is 14.4 Å². The van der Waals surface area contributed by atoms with E-state index in [0.29, 0.717) is 16.7 Å². The molecule has 150 valence electrons. The van der Waals surface area contributed by atoms with Crippen molar-refractivity contribution in [2.75, 3.05) is 7.05 Å². The lowest BCUT2D eigenvalue weighted by Gasteiger charge is -2.25. The second-order valence-corrected chi connectivity index (χ2v) is 7.44. The fourth-order valence-corrected chi connectivity index (χ4v) is 3.65. The number of benzene rings is 3. The predicted molar refractivity (Wildman–Crippen MR) is 114 cm³/mol. The third-order valence-electron chi connectivity index (χ3n) is 5.60. The molecule has 3 amide bonds. The largest absolute Gasteiger partial charge is 0.335 e. The van der Waals surface area contributed by atoms with Crippen LogP contribution in [0.4, 0.5) is 0 Å². The molecule has 0 spiro atoms. The van der Waals surface area contributed by atoms with E-state index < -0.39 is 0 Å². The monoisotopic (exact) mass is 398 g/mol. The Kier molecular flexibility index (Phi) is 5.19. The van der Waals surface area contributed by atoms with Gasteiger partial charge in [-0.3, -0.25) is 19.3 Å². The van der Waals surface area contributed by atoms with Crippen LogP contribution in [0.5, 0.6) is 0 Å². The highest BCUT2D eigenvalue weighted by Gasteiger charge is 2.34. The van der Waals surface area contributed by atoms with E-state index >= 15 is 0 Å². The van der Waals surface area contributed by atoms with Crippen molar-refractivity contribution >= 4 is 17.7 Å². The van der Waals surface area contributed by atoms with Crippen LogP contribution in [0.25, 0.3) is 0 Å². The fourth-order valence-electron chi connectivity index (χ4n) is 3.65. The van der Waals surface area contributed by atoms with Crippen LogP contribution in [-0.4, -0.2) is 34.6 Å². The third kappa shape index (κ3) is 3.50. The zero-order valence-corrected chi connectivity index (χ0v) is 16.9. The molecule has 0 N–H and O–H groups in total. The smallest absolute Gasteiger partial charge is 0.261 e. The van der Waals surface area contributed by atoms with E-state index in [-0.39, 0.29) is 30.3 Å². The van der Waals surface area contributed by atoms with E-state index in [1.54, 1.807) is 60.5 Å². The lowest BCUT2D eigenvalue weighted by molar-refractivity contribution is 0.0640. The number of hydrogen-bond donors (Lipinski definition) is 0. The minimum absolute atomic E-state index is 0.0586. The molecule has 1 atom stereocenters. The molecule has 0 unspecified atom stereocenters.